The van der Waals surface area contributed by atoms with Crippen molar-refractivity contribution < 1.29 is 19.9 Å². The number of carboxylic acid groups (broad SMARTS) is 1. The lowest BCUT2D eigenvalue weighted by Crippen LogP contribution is -2.55. The zero-order chi connectivity index (χ0) is 16.2. The number of hydrogen-bond donors (Lipinski definition) is 4. The Morgan fingerprint density at radius 1 is 1.27 bits per heavy atom. The number of likely N-dealkylation sites (tertiary alicyclic amines) is 1. The van der Waals surface area contributed by atoms with Gasteiger partial charge in [0.15, 0.2) is 0 Å². The maximum absolute atomic E-state index is 11.6. The van der Waals surface area contributed by atoms with E-state index in [-0.39, 0.29) is 12.2 Å². The summed E-state index contributed by atoms with van der Waals surface area (Å²) in [5, 5.41) is 27.4. The van der Waals surface area contributed by atoms with E-state index < -0.39 is 18.6 Å². The van der Waals surface area contributed by atoms with E-state index in [1.54, 1.807) is 0 Å². The number of aliphatic carboxylic acids is 1. The summed E-state index contributed by atoms with van der Waals surface area (Å²) in [6.07, 6.45) is 7.85. The fourth-order valence-corrected chi connectivity index (χ4v) is 4.05. The van der Waals surface area contributed by atoms with Gasteiger partial charge in [0, 0.05) is 25.6 Å². The smallest absolute Gasteiger partial charge is 0.451 e. The van der Waals surface area contributed by atoms with Crippen molar-refractivity contribution in [2.24, 2.45) is 17.6 Å². The zero-order valence-corrected chi connectivity index (χ0v) is 13.3. The second-order valence-electron chi connectivity index (χ2n) is 7.15. The largest absolute Gasteiger partial charge is 0.480 e. The quantitative estimate of drug-likeness (QED) is 0.511. The molecule has 0 aromatic heterocycles. The Morgan fingerprint density at radius 2 is 1.95 bits per heavy atom. The summed E-state index contributed by atoms with van der Waals surface area (Å²) < 4.78 is 0. The molecule has 0 radical (unpaired) electrons. The molecule has 0 aromatic rings. The van der Waals surface area contributed by atoms with Crippen LogP contribution in [0.2, 0.25) is 6.32 Å². The van der Waals surface area contributed by atoms with Crippen molar-refractivity contribution in [2.45, 2.75) is 56.8 Å². The fourth-order valence-electron chi connectivity index (χ4n) is 4.05. The van der Waals surface area contributed by atoms with E-state index in [1.807, 2.05) is 0 Å². The molecular weight excluding hydrogens is 283 g/mol. The summed E-state index contributed by atoms with van der Waals surface area (Å²) in [5.74, 6) is -0.384. The average Bonchev–Trinajstić information content (AvgIpc) is 2.77. The molecule has 5 N–H and O–H groups in total. The van der Waals surface area contributed by atoms with Gasteiger partial charge in [0.05, 0.1) is 0 Å². The number of carboxylic acids is 1. The minimum atomic E-state index is -1.32. The van der Waals surface area contributed by atoms with Crippen LogP contribution in [0.3, 0.4) is 0 Å². The van der Waals surface area contributed by atoms with E-state index in [9.17, 15) is 9.90 Å². The standard InChI is InChI=1S/C15H29BN2O4/c17-15(14(19)20)11-18(9-12-5-2-1-3-6-12)10-13(15)7-4-8-16(21)22/h12-13,21-22H,1-11,17H2,(H,19,20)/t13-,15-/m0/s1. The zero-order valence-electron chi connectivity index (χ0n) is 13.3. The average molecular weight is 312 g/mol. The SMILES string of the molecule is N[C@@]1(C(=O)O)CN(CC2CCCCC2)C[C@@H]1CCCB(O)O. The first kappa shape index (κ1) is 17.7. The van der Waals surface area contributed by atoms with Crippen molar-refractivity contribution in [3.05, 3.63) is 0 Å². The number of carbonyl (C=O) groups is 1. The van der Waals surface area contributed by atoms with Crippen LogP contribution in [-0.4, -0.2) is 58.3 Å². The monoisotopic (exact) mass is 312 g/mol. The molecular formula is C15H29BN2O4. The molecule has 6 nitrogen and oxygen atoms in total. The molecule has 1 saturated heterocycles. The number of hydrogen-bond acceptors (Lipinski definition) is 5. The van der Waals surface area contributed by atoms with Crippen LogP contribution in [0.4, 0.5) is 0 Å². The topological polar surface area (TPSA) is 107 Å². The van der Waals surface area contributed by atoms with Gasteiger partial charge < -0.3 is 25.8 Å². The Morgan fingerprint density at radius 3 is 2.55 bits per heavy atom. The first-order chi connectivity index (χ1) is 10.4. The summed E-state index contributed by atoms with van der Waals surface area (Å²) in [6.45, 7) is 2.07. The Balaban J connectivity index is 1.90. The van der Waals surface area contributed by atoms with Crippen LogP contribution in [0, 0.1) is 11.8 Å². The van der Waals surface area contributed by atoms with E-state index in [2.05, 4.69) is 4.90 Å². The molecule has 7 heteroatoms. The second-order valence-corrected chi connectivity index (χ2v) is 7.15. The third kappa shape index (κ3) is 4.44. The van der Waals surface area contributed by atoms with Crippen LogP contribution in [0.5, 0.6) is 0 Å². The highest BCUT2D eigenvalue weighted by Crippen LogP contribution is 2.33. The molecule has 2 fully saturated rings. The van der Waals surface area contributed by atoms with Gasteiger partial charge in [0.25, 0.3) is 0 Å². The highest BCUT2D eigenvalue weighted by Gasteiger charge is 2.49. The van der Waals surface area contributed by atoms with Gasteiger partial charge in [-0.05, 0) is 31.5 Å². The molecule has 0 aromatic carbocycles. The van der Waals surface area contributed by atoms with Crippen LogP contribution < -0.4 is 5.73 Å². The Bertz CT molecular complexity index is 377. The van der Waals surface area contributed by atoms with Crippen LogP contribution >= 0.6 is 0 Å². The van der Waals surface area contributed by atoms with Crippen molar-refractivity contribution in [1.29, 1.82) is 0 Å². The summed E-state index contributed by atoms with van der Waals surface area (Å²) >= 11 is 0. The third-order valence-electron chi connectivity index (χ3n) is 5.35. The molecule has 22 heavy (non-hydrogen) atoms. The molecule has 1 heterocycles. The molecule has 1 saturated carbocycles. The molecule has 1 aliphatic heterocycles. The molecule has 1 aliphatic carbocycles. The summed E-state index contributed by atoms with van der Waals surface area (Å²) in [5.41, 5.74) is 4.99. The number of rotatable bonds is 7. The van der Waals surface area contributed by atoms with Crippen molar-refractivity contribution in [2.75, 3.05) is 19.6 Å². The highest BCUT2D eigenvalue weighted by molar-refractivity contribution is 6.40. The van der Waals surface area contributed by atoms with Crippen LogP contribution in [0.15, 0.2) is 0 Å². The normalized spacial score (nSPS) is 30.6. The van der Waals surface area contributed by atoms with Gasteiger partial charge in [-0.25, -0.2) is 0 Å². The maximum atomic E-state index is 11.6. The van der Waals surface area contributed by atoms with Gasteiger partial charge >= 0.3 is 13.1 Å². The lowest BCUT2D eigenvalue weighted by atomic mass is 9.78. The van der Waals surface area contributed by atoms with Crippen molar-refractivity contribution in [1.82, 2.24) is 4.90 Å². The van der Waals surface area contributed by atoms with Crippen LogP contribution in [0.1, 0.15) is 44.9 Å². The van der Waals surface area contributed by atoms with Crippen molar-refractivity contribution in [3.8, 4) is 0 Å². The van der Waals surface area contributed by atoms with E-state index in [0.717, 1.165) is 6.54 Å². The summed E-state index contributed by atoms with van der Waals surface area (Å²) in [4.78, 5) is 13.8. The van der Waals surface area contributed by atoms with Gasteiger partial charge in [-0.1, -0.05) is 25.7 Å². The molecule has 2 rings (SSSR count). The predicted molar refractivity (Wildman–Crippen MR) is 85.3 cm³/mol. The molecule has 0 unspecified atom stereocenters. The first-order valence-electron chi connectivity index (χ1n) is 8.52. The minimum Gasteiger partial charge on any atom is -0.480 e. The molecule has 126 valence electrons. The van der Waals surface area contributed by atoms with Gasteiger partial charge in [-0.2, -0.15) is 0 Å². The van der Waals surface area contributed by atoms with Crippen LogP contribution in [-0.2, 0) is 4.79 Å². The number of nitrogens with two attached hydrogens (primary N) is 1. The lowest BCUT2D eigenvalue weighted by molar-refractivity contribution is -0.144. The van der Waals surface area contributed by atoms with Gasteiger partial charge in [0.2, 0.25) is 0 Å². The predicted octanol–water partition coefficient (Wildman–Crippen LogP) is 0.534. The third-order valence-corrected chi connectivity index (χ3v) is 5.35. The molecule has 2 atom stereocenters. The first-order valence-corrected chi connectivity index (χ1v) is 8.52. The van der Waals surface area contributed by atoms with E-state index in [1.165, 1.54) is 32.1 Å². The van der Waals surface area contributed by atoms with Gasteiger partial charge in [-0.3, -0.25) is 4.79 Å². The summed E-state index contributed by atoms with van der Waals surface area (Å²) in [6, 6.07) is 0. The molecule has 0 bridgehead atoms. The lowest BCUT2D eigenvalue weighted by Gasteiger charge is -2.27. The Hall–Kier alpha value is -0.625. The van der Waals surface area contributed by atoms with Crippen molar-refractivity contribution in [3.63, 3.8) is 0 Å². The minimum absolute atomic E-state index is 0.118. The van der Waals surface area contributed by atoms with Crippen LogP contribution in [0.25, 0.3) is 0 Å². The van der Waals surface area contributed by atoms with E-state index in [0.29, 0.717) is 31.8 Å². The molecule has 2 aliphatic rings. The molecule has 0 amide bonds. The van der Waals surface area contributed by atoms with Gasteiger partial charge in [-0.15, -0.1) is 0 Å². The highest BCUT2D eigenvalue weighted by atomic mass is 16.4. The van der Waals surface area contributed by atoms with E-state index >= 15 is 0 Å². The number of nitrogens with zero attached hydrogens (tertiary/aromatic N) is 1. The van der Waals surface area contributed by atoms with Gasteiger partial charge in [0.1, 0.15) is 5.54 Å². The maximum Gasteiger partial charge on any atom is 0.451 e. The van der Waals surface area contributed by atoms with Crippen molar-refractivity contribution >= 4 is 13.1 Å². The molecule has 0 spiro atoms. The fraction of sp³-hybridized carbons (Fsp3) is 0.933. The summed E-state index contributed by atoms with van der Waals surface area (Å²) in [7, 11) is -1.32. The van der Waals surface area contributed by atoms with E-state index in [4.69, 9.17) is 15.8 Å². The second kappa shape index (κ2) is 7.77. The Kier molecular flexibility index (Phi) is 6.26. The Labute approximate surface area is 132 Å².